The van der Waals surface area contributed by atoms with Crippen molar-refractivity contribution in [1.29, 1.82) is 0 Å². The summed E-state index contributed by atoms with van der Waals surface area (Å²) in [6.45, 7) is 9.70. The van der Waals surface area contributed by atoms with E-state index in [1.54, 1.807) is 0 Å². The summed E-state index contributed by atoms with van der Waals surface area (Å²) in [5, 5.41) is 6.09. The molecule has 4 nitrogen and oxygen atoms in total. The van der Waals surface area contributed by atoms with Crippen molar-refractivity contribution in [3.05, 3.63) is 48.0 Å². The standard InChI is InChI=1S/C20H31NO3Si/c1-4-22-25(23-5-2,24-6-3)15-9-14-21-17-18-12-13-19-10-7-8-11-20(19)16-18/h7-8,10-13,16,21H,4-6,9,14-15,17H2,1-3H3. The van der Waals surface area contributed by atoms with E-state index >= 15 is 0 Å². The number of rotatable bonds is 12. The van der Waals surface area contributed by atoms with Crippen molar-refractivity contribution < 1.29 is 13.3 Å². The molecule has 0 aliphatic rings. The summed E-state index contributed by atoms with van der Waals surface area (Å²) in [6.07, 6.45) is 0.986. The minimum Gasteiger partial charge on any atom is -0.374 e. The Hall–Kier alpha value is -1.24. The molecule has 0 amide bonds. The monoisotopic (exact) mass is 361 g/mol. The van der Waals surface area contributed by atoms with Crippen molar-refractivity contribution >= 4 is 19.6 Å². The summed E-state index contributed by atoms with van der Waals surface area (Å²) in [5.41, 5.74) is 1.31. The molecule has 0 heterocycles. The lowest BCUT2D eigenvalue weighted by Crippen LogP contribution is -2.46. The Morgan fingerprint density at radius 3 is 2.12 bits per heavy atom. The molecular formula is C20H31NO3Si. The molecule has 0 aliphatic carbocycles. The third-order valence-electron chi connectivity index (χ3n) is 4.07. The van der Waals surface area contributed by atoms with Crippen molar-refractivity contribution in [1.82, 2.24) is 5.32 Å². The average Bonchev–Trinajstić information content (AvgIpc) is 2.62. The summed E-state index contributed by atoms with van der Waals surface area (Å²) < 4.78 is 17.7. The highest BCUT2D eigenvalue weighted by Crippen LogP contribution is 2.18. The van der Waals surface area contributed by atoms with E-state index in [2.05, 4.69) is 47.8 Å². The van der Waals surface area contributed by atoms with E-state index < -0.39 is 8.80 Å². The van der Waals surface area contributed by atoms with Crippen LogP contribution in [0.5, 0.6) is 0 Å². The summed E-state index contributed by atoms with van der Waals surface area (Å²) in [5.74, 6) is 0. The summed E-state index contributed by atoms with van der Waals surface area (Å²) >= 11 is 0. The Bertz CT molecular complexity index is 618. The van der Waals surface area contributed by atoms with Crippen LogP contribution in [0.3, 0.4) is 0 Å². The van der Waals surface area contributed by atoms with E-state index in [0.29, 0.717) is 19.8 Å². The van der Waals surface area contributed by atoms with Gasteiger partial charge in [-0.25, -0.2) is 0 Å². The second-order valence-electron chi connectivity index (χ2n) is 5.94. The minimum atomic E-state index is -2.50. The average molecular weight is 362 g/mol. The van der Waals surface area contributed by atoms with Gasteiger partial charge in [0.2, 0.25) is 0 Å². The molecule has 0 spiro atoms. The van der Waals surface area contributed by atoms with Gasteiger partial charge in [-0.05, 0) is 56.1 Å². The van der Waals surface area contributed by atoms with Crippen LogP contribution in [0, 0.1) is 0 Å². The Balaban J connectivity index is 1.80. The van der Waals surface area contributed by atoms with Gasteiger partial charge in [-0.15, -0.1) is 0 Å². The van der Waals surface area contributed by atoms with Crippen molar-refractivity contribution in [2.24, 2.45) is 0 Å². The fourth-order valence-electron chi connectivity index (χ4n) is 3.01. The van der Waals surface area contributed by atoms with Crippen LogP contribution in [-0.2, 0) is 19.8 Å². The molecule has 0 bridgehead atoms. The molecule has 2 aromatic rings. The zero-order chi connectivity index (χ0) is 18.0. The predicted octanol–water partition coefficient (Wildman–Crippen LogP) is 4.37. The molecule has 0 atom stereocenters. The van der Waals surface area contributed by atoms with Crippen LogP contribution >= 0.6 is 0 Å². The van der Waals surface area contributed by atoms with E-state index in [1.165, 1.54) is 16.3 Å². The van der Waals surface area contributed by atoms with Gasteiger partial charge in [0, 0.05) is 32.4 Å². The maximum absolute atomic E-state index is 5.89. The maximum atomic E-state index is 5.89. The first-order valence-corrected chi connectivity index (χ1v) is 11.3. The first-order chi connectivity index (χ1) is 12.2. The van der Waals surface area contributed by atoms with Crippen molar-refractivity contribution in [2.75, 3.05) is 26.4 Å². The van der Waals surface area contributed by atoms with Gasteiger partial charge in [0.15, 0.2) is 0 Å². The van der Waals surface area contributed by atoms with Crippen LogP contribution in [0.4, 0.5) is 0 Å². The predicted molar refractivity (Wildman–Crippen MR) is 106 cm³/mol. The summed E-state index contributed by atoms with van der Waals surface area (Å²) in [6, 6.07) is 15.9. The van der Waals surface area contributed by atoms with Crippen LogP contribution in [0.25, 0.3) is 10.8 Å². The Labute approximate surface area is 152 Å². The molecule has 0 radical (unpaired) electrons. The molecule has 1 N–H and O–H groups in total. The van der Waals surface area contributed by atoms with Crippen molar-refractivity contribution in [2.45, 2.75) is 39.8 Å². The first-order valence-electron chi connectivity index (χ1n) is 9.33. The van der Waals surface area contributed by atoms with Crippen LogP contribution in [0.1, 0.15) is 32.8 Å². The lowest BCUT2D eigenvalue weighted by atomic mass is 10.1. The van der Waals surface area contributed by atoms with Gasteiger partial charge in [-0.2, -0.15) is 0 Å². The number of hydrogen-bond donors (Lipinski definition) is 1. The van der Waals surface area contributed by atoms with E-state index in [9.17, 15) is 0 Å². The Kier molecular flexibility index (Phi) is 8.58. The van der Waals surface area contributed by atoms with Crippen LogP contribution in [-0.4, -0.2) is 35.2 Å². The molecule has 25 heavy (non-hydrogen) atoms. The molecule has 138 valence electrons. The third-order valence-corrected chi connectivity index (χ3v) is 7.22. The topological polar surface area (TPSA) is 39.7 Å². The Morgan fingerprint density at radius 1 is 0.840 bits per heavy atom. The highest BCUT2D eigenvalue weighted by molar-refractivity contribution is 6.60. The fraction of sp³-hybridized carbons (Fsp3) is 0.500. The number of benzene rings is 2. The zero-order valence-corrected chi connectivity index (χ0v) is 16.7. The third kappa shape index (κ3) is 6.20. The summed E-state index contributed by atoms with van der Waals surface area (Å²) in [7, 11) is -2.50. The van der Waals surface area contributed by atoms with E-state index in [4.69, 9.17) is 13.3 Å². The molecule has 2 aromatic carbocycles. The minimum absolute atomic E-state index is 0.636. The molecule has 0 saturated carbocycles. The SMILES string of the molecule is CCO[Si](CCCNCc1ccc2ccccc2c1)(OCC)OCC. The number of nitrogens with one attached hydrogen (secondary N) is 1. The summed E-state index contributed by atoms with van der Waals surface area (Å²) in [4.78, 5) is 0. The molecule has 0 aliphatic heterocycles. The zero-order valence-electron chi connectivity index (χ0n) is 15.7. The molecule has 0 unspecified atom stereocenters. The number of fused-ring (bicyclic) bond motifs is 1. The first kappa shape index (κ1) is 20.1. The highest BCUT2D eigenvalue weighted by atomic mass is 28.4. The molecule has 5 heteroatoms. The second-order valence-corrected chi connectivity index (χ2v) is 8.68. The highest BCUT2D eigenvalue weighted by Gasteiger charge is 2.39. The number of hydrogen-bond acceptors (Lipinski definition) is 4. The van der Waals surface area contributed by atoms with Crippen LogP contribution in [0.15, 0.2) is 42.5 Å². The van der Waals surface area contributed by atoms with Crippen molar-refractivity contribution in [3.63, 3.8) is 0 Å². The quantitative estimate of drug-likeness (QED) is 0.450. The lowest BCUT2D eigenvalue weighted by Gasteiger charge is -2.28. The molecule has 0 aromatic heterocycles. The fourth-order valence-corrected chi connectivity index (χ4v) is 5.62. The van der Waals surface area contributed by atoms with Gasteiger partial charge in [-0.1, -0.05) is 36.4 Å². The normalized spacial score (nSPS) is 12.0. The molecule has 2 rings (SSSR count). The maximum Gasteiger partial charge on any atom is 0.500 e. The van der Waals surface area contributed by atoms with Gasteiger partial charge >= 0.3 is 8.80 Å². The molecule has 0 saturated heterocycles. The van der Waals surface area contributed by atoms with Gasteiger partial charge in [0.1, 0.15) is 0 Å². The van der Waals surface area contributed by atoms with E-state index in [1.807, 2.05) is 20.8 Å². The molecular weight excluding hydrogens is 330 g/mol. The van der Waals surface area contributed by atoms with Gasteiger partial charge in [-0.3, -0.25) is 0 Å². The second kappa shape index (κ2) is 10.7. The van der Waals surface area contributed by atoms with Gasteiger partial charge in [0.05, 0.1) is 0 Å². The Morgan fingerprint density at radius 2 is 1.48 bits per heavy atom. The molecule has 0 fully saturated rings. The lowest BCUT2D eigenvalue weighted by molar-refractivity contribution is 0.0708. The van der Waals surface area contributed by atoms with E-state index in [0.717, 1.165) is 25.6 Å². The largest absolute Gasteiger partial charge is 0.500 e. The van der Waals surface area contributed by atoms with Gasteiger partial charge < -0.3 is 18.6 Å². The van der Waals surface area contributed by atoms with Crippen LogP contribution < -0.4 is 5.32 Å². The van der Waals surface area contributed by atoms with Crippen molar-refractivity contribution in [3.8, 4) is 0 Å². The smallest absolute Gasteiger partial charge is 0.374 e. The van der Waals surface area contributed by atoms with Crippen LogP contribution in [0.2, 0.25) is 6.04 Å². The van der Waals surface area contributed by atoms with E-state index in [-0.39, 0.29) is 0 Å². The van der Waals surface area contributed by atoms with Gasteiger partial charge in [0.25, 0.3) is 0 Å².